The van der Waals surface area contributed by atoms with Crippen molar-refractivity contribution in [1.29, 1.82) is 0 Å². The number of aromatic nitrogens is 6. The van der Waals surface area contributed by atoms with E-state index >= 15 is 0 Å². The molecule has 2 heterocycles. The smallest absolute Gasteiger partial charge is 0.255 e. The van der Waals surface area contributed by atoms with Crippen LogP contribution in [0.25, 0.3) is 28.6 Å². The molecule has 0 unspecified atom stereocenters. The van der Waals surface area contributed by atoms with E-state index in [4.69, 9.17) is 4.42 Å². The molecule has 156 valence electrons. The van der Waals surface area contributed by atoms with Gasteiger partial charge in [-0.2, -0.15) is 0 Å². The second kappa shape index (κ2) is 8.23. The summed E-state index contributed by atoms with van der Waals surface area (Å²) in [5.74, 6) is 0.599. The van der Waals surface area contributed by atoms with Crippen molar-refractivity contribution >= 4 is 11.6 Å². The van der Waals surface area contributed by atoms with Crippen LogP contribution < -0.4 is 5.32 Å². The predicted molar refractivity (Wildman–Crippen MR) is 117 cm³/mol. The highest BCUT2D eigenvalue weighted by Crippen LogP contribution is 2.24. The van der Waals surface area contributed by atoms with Crippen LogP contribution in [0.5, 0.6) is 0 Å². The SMILES string of the molecule is Cc1ccc(-c2nnc(-c3ccc(C(=O)Nc4cccc(-n5cnnn5)c4)cc3)o2)cc1. The van der Waals surface area contributed by atoms with Crippen LogP contribution in [0.2, 0.25) is 0 Å². The minimum absolute atomic E-state index is 0.240. The summed E-state index contributed by atoms with van der Waals surface area (Å²) in [6, 6.07) is 22.1. The van der Waals surface area contributed by atoms with Crippen molar-refractivity contribution in [2.24, 2.45) is 0 Å². The molecular formula is C23H17N7O2. The number of amides is 1. The molecule has 9 nitrogen and oxygen atoms in total. The third-order valence-corrected chi connectivity index (χ3v) is 4.84. The first-order valence-corrected chi connectivity index (χ1v) is 9.81. The molecule has 5 aromatic rings. The molecule has 5 rings (SSSR count). The van der Waals surface area contributed by atoms with Gasteiger partial charge in [-0.3, -0.25) is 4.79 Å². The van der Waals surface area contributed by atoms with Gasteiger partial charge in [0.15, 0.2) is 0 Å². The summed E-state index contributed by atoms with van der Waals surface area (Å²) >= 11 is 0. The number of anilines is 1. The van der Waals surface area contributed by atoms with E-state index in [0.29, 0.717) is 23.0 Å². The van der Waals surface area contributed by atoms with Crippen LogP contribution in [0.3, 0.4) is 0 Å². The van der Waals surface area contributed by atoms with E-state index in [0.717, 1.165) is 22.4 Å². The van der Waals surface area contributed by atoms with Crippen LogP contribution in [-0.2, 0) is 0 Å². The Labute approximate surface area is 182 Å². The van der Waals surface area contributed by atoms with Gasteiger partial charge in [-0.25, -0.2) is 4.68 Å². The molecule has 0 saturated heterocycles. The summed E-state index contributed by atoms with van der Waals surface area (Å²) in [7, 11) is 0. The number of nitrogens with zero attached hydrogens (tertiary/aromatic N) is 6. The molecule has 0 bridgehead atoms. The highest BCUT2D eigenvalue weighted by Gasteiger charge is 2.12. The summed E-state index contributed by atoms with van der Waals surface area (Å²) in [6.07, 6.45) is 1.49. The van der Waals surface area contributed by atoms with E-state index in [1.54, 1.807) is 36.4 Å². The van der Waals surface area contributed by atoms with Crippen LogP contribution in [0.1, 0.15) is 15.9 Å². The Morgan fingerprint density at radius 2 is 1.59 bits per heavy atom. The standard InChI is InChI=1S/C23H17N7O2/c1-15-5-7-17(8-6-15)22-26-27-23(32-22)18-11-9-16(10-12-18)21(31)25-19-3-2-4-20(13-19)30-14-24-28-29-30/h2-14H,1H3,(H,25,31). The number of rotatable bonds is 5. The normalized spacial score (nSPS) is 10.8. The molecule has 0 aliphatic carbocycles. The Morgan fingerprint density at radius 3 is 2.25 bits per heavy atom. The Balaban J connectivity index is 1.30. The summed E-state index contributed by atoms with van der Waals surface area (Å²) in [6.45, 7) is 2.02. The van der Waals surface area contributed by atoms with Crippen molar-refractivity contribution in [3.63, 3.8) is 0 Å². The molecule has 1 amide bonds. The Morgan fingerprint density at radius 1 is 0.906 bits per heavy atom. The van der Waals surface area contributed by atoms with Gasteiger partial charge in [0.25, 0.3) is 5.91 Å². The summed E-state index contributed by atoms with van der Waals surface area (Å²) in [5.41, 5.74) is 4.61. The molecule has 0 aliphatic heterocycles. The third kappa shape index (κ3) is 3.99. The second-order valence-corrected chi connectivity index (χ2v) is 7.11. The van der Waals surface area contributed by atoms with Crippen molar-refractivity contribution in [2.45, 2.75) is 6.92 Å². The molecule has 32 heavy (non-hydrogen) atoms. The van der Waals surface area contributed by atoms with Crippen molar-refractivity contribution in [1.82, 2.24) is 30.4 Å². The second-order valence-electron chi connectivity index (χ2n) is 7.11. The number of hydrogen-bond donors (Lipinski definition) is 1. The van der Waals surface area contributed by atoms with E-state index in [9.17, 15) is 4.79 Å². The fraction of sp³-hybridized carbons (Fsp3) is 0.0435. The number of hydrogen-bond acceptors (Lipinski definition) is 7. The first-order chi connectivity index (χ1) is 15.7. The predicted octanol–water partition coefficient (Wildman–Crippen LogP) is 3.94. The molecular weight excluding hydrogens is 406 g/mol. The van der Waals surface area contributed by atoms with Gasteiger partial charge >= 0.3 is 0 Å². The molecule has 3 aromatic carbocycles. The van der Waals surface area contributed by atoms with E-state index in [-0.39, 0.29) is 5.91 Å². The van der Waals surface area contributed by atoms with Gasteiger partial charge < -0.3 is 9.73 Å². The molecule has 0 fully saturated rings. The van der Waals surface area contributed by atoms with Crippen molar-refractivity contribution < 1.29 is 9.21 Å². The lowest BCUT2D eigenvalue weighted by molar-refractivity contribution is 0.102. The third-order valence-electron chi connectivity index (χ3n) is 4.84. The maximum atomic E-state index is 12.7. The van der Waals surface area contributed by atoms with Crippen LogP contribution in [0.15, 0.2) is 83.5 Å². The molecule has 0 spiro atoms. The van der Waals surface area contributed by atoms with Crippen LogP contribution in [-0.4, -0.2) is 36.3 Å². The number of tetrazole rings is 1. The summed E-state index contributed by atoms with van der Waals surface area (Å²) in [5, 5.41) is 22.2. The zero-order valence-corrected chi connectivity index (χ0v) is 17.0. The highest BCUT2D eigenvalue weighted by atomic mass is 16.4. The highest BCUT2D eigenvalue weighted by molar-refractivity contribution is 6.04. The van der Waals surface area contributed by atoms with Gasteiger partial charge in [0.1, 0.15) is 6.33 Å². The molecule has 0 radical (unpaired) electrons. The summed E-state index contributed by atoms with van der Waals surface area (Å²) in [4.78, 5) is 12.7. The minimum Gasteiger partial charge on any atom is -0.416 e. The van der Waals surface area contributed by atoms with Crippen LogP contribution in [0.4, 0.5) is 5.69 Å². The van der Waals surface area contributed by atoms with Gasteiger partial charge in [0.05, 0.1) is 5.69 Å². The topological polar surface area (TPSA) is 112 Å². The van der Waals surface area contributed by atoms with Crippen LogP contribution >= 0.6 is 0 Å². The van der Waals surface area contributed by atoms with E-state index in [2.05, 4.69) is 31.0 Å². The maximum absolute atomic E-state index is 12.7. The fourth-order valence-electron chi connectivity index (χ4n) is 3.13. The zero-order chi connectivity index (χ0) is 21.9. The molecule has 9 heteroatoms. The number of carbonyl (C=O) groups excluding carboxylic acids is 1. The Kier molecular flexibility index (Phi) is 4.97. The lowest BCUT2D eigenvalue weighted by Crippen LogP contribution is -2.12. The molecule has 2 aromatic heterocycles. The number of nitrogens with one attached hydrogen (secondary N) is 1. The Bertz CT molecular complexity index is 1360. The molecule has 1 N–H and O–H groups in total. The van der Waals surface area contributed by atoms with E-state index in [1.165, 1.54) is 11.0 Å². The molecule has 0 aliphatic rings. The van der Waals surface area contributed by atoms with Gasteiger partial charge in [-0.15, -0.1) is 15.3 Å². The summed E-state index contributed by atoms with van der Waals surface area (Å²) < 4.78 is 7.31. The Hall–Kier alpha value is -4.66. The first kappa shape index (κ1) is 19.3. The quantitative estimate of drug-likeness (QED) is 0.456. The van der Waals surface area contributed by atoms with E-state index < -0.39 is 0 Å². The van der Waals surface area contributed by atoms with Crippen LogP contribution in [0, 0.1) is 6.92 Å². The zero-order valence-electron chi connectivity index (χ0n) is 17.0. The first-order valence-electron chi connectivity index (χ1n) is 9.81. The minimum atomic E-state index is -0.240. The monoisotopic (exact) mass is 423 g/mol. The molecule has 0 saturated carbocycles. The number of benzene rings is 3. The fourth-order valence-corrected chi connectivity index (χ4v) is 3.13. The lowest BCUT2D eigenvalue weighted by atomic mass is 10.1. The molecule has 0 atom stereocenters. The number of carbonyl (C=O) groups is 1. The maximum Gasteiger partial charge on any atom is 0.255 e. The average Bonchev–Trinajstić information content (AvgIpc) is 3.53. The number of aryl methyl sites for hydroxylation is 1. The van der Waals surface area contributed by atoms with E-state index in [1.807, 2.05) is 43.3 Å². The largest absolute Gasteiger partial charge is 0.416 e. The lowest BCUT2D eigenvalue weighted by Gasteiger charge is -2.07. The van der Waals surface area contributed by atoms with Crippen molar-refractivity contribution in [2.75, 3.05) is 5.32 Å². The van der Waals surface area contributed by atoms with Crippen molar-refractivity contribution in [3.05, 3.63) is 90.3 Å². The van der Waals surface area contributed by atoms with Crippen molar-refractivity contribution in [3.8, 4) is 28.6 Å². The average molecular weight is 423 g/mol. The van der Waals surface area contributed by atoms with Gasteiger partial charge in [0.2, 0.25) is 11.8 Å². The van der Waals surface area contributed by atoms with Gasteiger partial charge in [-0.1, -0.05) is 23.8 Å². The van der Waals surface area contributed by atoms with Gasteiger partial charge in [0, 0.05) is 22.4 Å². The van der Waals surface area contributed by atoms with Gasteiger partial charge in [-0.05, 0) is 71.9 Å².